The van der Waals surface area contributed by atoms with Crippen molar-refractivity contribution in [1.82, 2.24) is 20.3 Å². The lowest BCUT2D eigenvalue weighted by molar-refractivity contribution is 0.0617. The van der Waals surface area contributed by atoms with Crippen LogP contribution in [0, 0.1) is 6.92 Å². The number of carbonyl (C=O) groups is 1. The van der Waals surface area contributed by atoms with E-state index in [0.29, 0.717) is 11.5 Å². The lowest BCUT2D eigenvalue weighted by Crippen LogP contribution is -2.52. The molecule has 0 spiro atoms. The maximum atomic E-state index is 13.5. The number of aromatic nitrogens is 2. The highest BCUT2D eigenvalue weighted by molar-refractivity contribution is 6.00. The van der Waals surface area contributed by atoms with Crippen molar-refractivity contribution in [2.45, 2.75) is 51.7 Å². The van der Waals surface area contributed by atoms with Crippen LogP contribution in [0.2, 0.25) is 0 Å². The summed E-state index contributed by atoms with van der Waals surface area (Å²) in [6.07, 6.45) is 7.32. The summed E-state index contributed by atoms with van der Waals surface area (Å²) in [6, 6.07) is 7.85. The summed E-state index contributed by atoms with van der Waals surface area (Å²) in [7, 11) is 0. The van der Waals surface area contributed by atoms with E-state index in [1.54, 1.807) is 17.5 Å². The fourth-order valence-electron chi connectivity index (χ4n) is 3.81. The SMILES string of the molecule is Cc1cnc(N[C@@H]2CCCN(C(=O)c3ccccc3N3N=CC(C)N3)[C@H]2C)nc1. The second-order valence-electron chi connectivity index (χ2n) is 7.73. The number of nitrogens with zero attached hydrogens (tertiary/aromatic N) is 5. The van der Waals surface area contributed by atoms with Crippen molar-refractivity contribution in [3.05, 3.63) is 47.8 Å². The molecule has 0 saturated carbocycles. The predicted octanol–water partition coefficient (Wildman–Crippen LogP) is 2.59. The Kier molecular flexibility index (Phi) is 5.44. The molecule has 29 heavy (non-hydrogen) atoms. The van der Waals surface area contributed by atoms with Crippen LogP contribution in [0.4, 0.5) is 11.6 Å². The minimum atomic E-state index is 0.0148. The van der Waals surface area contributed by atoms with Crippen LogP contribution in [0.3, 0.4) is 0 Å². The molecule has 152 valence electrons. The fraction of sp³-hybridized carbons (Fsp3) is 0.429. The number of anilines is 2. The van der Waals surface area contributed by atoms with E-state index in [-0.39, 0.29) is 24.0 Å². The Labute approximate surface area is 171 Å². The van der Waals surface area contributed by atoms with E-state index in [0.717, 1.165) is 30.6 Å². The van der Waals surface area contributed by atoms with E-state index >= 15 is 0 Å². The Morgan fingerprint density at radius 3 is 2.69 bits per heavy atom. The van der Waals surface area contributed by atoms with Crippen LogP contribution in [0.1, 0.15) is 42.6 Å². The van der Waals surface area contributed by atoms with Crippen molar-refractivity contribution >= 4 is 23.8 Å². The molecule has 4 rings (SSSR count). The highest BCUT2D eigenvalue weighted by Gasteiger charge is 2.33. The molecule has 1 unspecified atom stereocenters. The molecule has 2 N–H and O–H groups in total. The number of nitrogens with one attached hydrogen (secondary N) is 2. The van der Waals surface area contributed by atoms with Gasteiger partial charge in [-0.05, 0) is 51.3 Å². The molecular weight excluding hydrogens is 366 g/mol. The number of amides is 1. The number of hydrazine groups is 1. The molecule has 8 nitrogen and oxygen atoms in total. The van der Waals surface area contributed by atoms with Gasteiger partial charge < -0.3 is 10.2 Å². The maximum Gasteiger partial charge on any atom is 0.256 e. The largest absolute Gasteiger partial charge is 0.349 e. The van der Waals surface area contributed by atoms with E-state index < -0.39 is 0 Å². The number of benzene rings is 1. The summed E-state index contributed by atoms with van der Waals surface area (Å²) in [5, 5.41) is 9.46. The molecule has 8 heteroatoms. The summed E-state index contributed by atoms with van der Waals surface area (Å²) >= 11 is 0. The molecule has 1 aromatic heterocycles. The van der Waals surface area contributed by atoms with Crippen LogP contribution in [0.5, 0.6) is 0 Å². The van der Waals surface area contributed by atoms with Gasteiger partial charge in [0.2, 0.25) is 5.95 Å². The Bertz CT molecular complexity index is 898. The van der Waals surface area contributed by atoms with Gasteiger partial charge in [0.15, 0.2) is 0 Å². The molecule has 3 heterocycles. The minimum absolute atomic E-state index is 0.0148. The number of likely N-dealkylation sites (tertiary alicyclic amines) is 1. The Balaban J connectivity index is 1.53. The normalized spacial score (nSPS) is 24.0. The van der Waals surface area contributed by atoms with Gasteiger partial charge in [-0.25, -0.2) is 15.4 Å². The van der Waals surface area contributed by atoms with E-state index in [9.17, 15) is 4.79 Å². The molecule has 2 aromatic rings. The third-order valence-electron chi connectivity index (χ3n) is 5.44. The number of aryl methyl sites for hydroxylation is 1. The maximum absolute atomic E-state index is 13.5. The minimum Gasteiger partial charge on any atom is -0.349 e. The van der Waals surface area contributed by atoms with Crippen molar-refractivity contribution in [1.29, 1.82) is 0 Å². The molecule has 1 amide bonds. The smallest absolute Gasteiger partial charge is 0.256 e. The number of para-hydroxylation sites is 1. The first-order chi connectivity index (χ1) is 14.0. The fourth-order valence-corrected chi connectivity index (χ4v) is 3.81. The Morgan fingerprint density at radius 2 is 1.97 bits per heavy atom. The first-order valence-electron chi connectivity index (χ1n) is 10.1. The molecule has 0 aliphatic carbocycles. The second kappa shape index (κ2) is 8.16. The Morgan fingerprint density at radius 1 is 1.21 bits per heavy atom. The number of hydrogen-bond acceptors (Lipinski definition) is 7. The topological polar surface area (TPSA) is 85.8 Å². The van der Waals surface area contributed by atoms with Crippen LogP contribution in [-0.2, 0) is 0 Å². The van der Waals surface area contributed by atoms with Crippen molar-refractivity contribution in [3.63, 3.8) is 0 Å². The quantitative estimate of drug-likeness (QED) is 0.830. The summed E-state index contributed by atoms with van der Waals surface area (Å²) in [5.41, 5.74) is 5.67. The average Bonchev–Trinajstić information content (AvgIpc) is 3.17. The zero-order valence-corrected chi connectivity index (χ0v) is 17.0. The molecule has 1 fully saturated rings. The van der Waals surface area contributed by atoms with Crippen LogP contribution in [0.15, 0.2) is 41.8 Å². The van der Waals surface area contributed by atoms with Gasteiger partial charge >= 0.3 is 0 Å². The van der Waals surface area contributed by atoms with E-state index in [4.69, 9.17) is 0 Å². The number of hydrazone groups is 1. The van der Waals surface area contributed by atoms with Gasteiger partial charge in [0, 0.05) is 37.2 Å². The highest BCUT2D eigenvalue weighted by atomic mass is 16.2. The number of piperidine rings is 1. The second-order valence-corrected chi connectivity index (χ2v) is 7.73. The molecule has 0 radical (unpaired) electrons. The van der Waals surface area contributed by atoms with E-state index in [1.807, 2.05) is 49.2 Å². The lowest BCUT2D eigenvalue weighted by atomic mass is 9.96. The third kappa shape index (κ3) is 4.07. The molecule has 2 aliphatic heterocycles. The first kappa shape index (κ1) is 19.3. The van der Waals surface area contributed by atoms with Crippen molar-refractivity contribution < 1.29 is 4.79 Å². The number of rotatable bonds is 4. The van der Waals surface area contributed by atoms with Gasteiger partial charge in [0.1, 0.15) is 0 Å². The lowest BCUT2D eigenvalue weighted by Gasteiger charge is -2.40. The average molecular weight is 393 g/mol. The molecule has 0 bridgehead atoms. The van der Waals surface area contributed by atoms with Crippen molar-refractivity contribution in [3.8, 4) is 0 Å². The monoisotopic (exact) mass is 393 g/mol. The van der Waals surface area contributed by atoms with Crippen molar-refractivity contribution in [2.75, 3.05) is 17.0 Å². The number of hydrogen-bond donors (Lipinski definition) is 2. The van der Waals surface area contributed by atoms with Gasteiger partial charge in [-0.15, -0.1) is 0 Å². The van der Waals surface area contributed by atoms with Crippen LogP contribution in [-0.4, -0.2) is 51.7 Å². The molecular formula is C21H27N7O. The van der Waals surface area contributed by atoms with Gasteiger partial charge in [0.25, 0.3) is 5.91 Å². The van der Waals surface area contributed by atoms with Gasteiger partial charge in [-0.2, -0.15) is 10.2 Å². The third-order valence-corrected chi connectivity index (χ3v) is 5.44. The van der Waals surface area contributed by atoms with Gasteiger partial charge in [-0.3, -0.25) is 4.79 Å². The summed E-state index contributed by atoms with van der Waals surface area (Å²) in [4.78, 5) is 24.1. The van der Waals surface area contributed by atoms with Gasteiger partial charge in [0.05, 0.1) is 17.3 Å². The van der Waals surface area contributed by atoms with Crippen molar-refractivity contribution in [2.24, 2.45) is 5.10 Å². The standard InChI is InChI=1S/C21H27N7O/c1-14-11-22-21(23-12-14)25-18-8-6-10-27(16(18)3)20(29)17-7-4-5-9-19(17)28-24-13-15(2)26-28/h4-5,7,9,11-13,15-16,18,26H,6,8,10H2,1-3H3,(H,22,23,25)/t15?,16-,18+/m0/s1. The summed E-state index contributed by atoms with van der Waals surface area (Å²) in [6.45, 7) is 6.79. The summed E-state index contributed by atoms with van der Waals surface area (Å²) < 4.78 is 0. The van der Waals surface area contributed by atoms with E-state index in [2.05, 4.69) is 32.7 Å². The molecule has 2 aliphatic rings. The zero-order chi connectivity index (χ0) is 20.4. The van der Waals surface area contributed by atoms with Crippen LogP contribution < -0.4 is 15.9 Å². The highest BCUT2D eigenvalue weighted by Crippen LogP contribution is 2.27. The number of carbonyl (C=O) groups excluding carboxylic acids is 1. The molecule has 3 atom stereocenters. The summed E-state index contributed by atoms with van der Waals surface area (Å²) in [5.74, 6) is 0.618. The van der Waals surface area contributed by atoms with E-state index in [1.165, 1.54) is 0 Å². The molecule has 1 aromatic carbocycles. The molecule has 1 saturated heterocycles. The predicted molar refractivity (Wildman–Crippen MR) is 114 cm³/mol. The zero-order valence-electron chi connectivity index (χ0n) is 17.0. The first-order valence-corrected chi connectivity index (χ1v) is 10.1. The van der Waals surface area contributed by atoms with Gasteiger partial charge in [-0.1, -0.05) is 12.1 Å². The van der Waals surface area contributed by atoms with Crippen LogP contribution >= 0.6 is 0 Å². The Hall–Kier alpha value is -3.00. The van der Waals surface area contributed by atoms with Crippen LogP contribution in [0.25, 0.3) is 0 Å².